The van der Waals surface area contributed by atoms with Gasteiger partial charge < -0.3 is 5.32 Å². The number of amides is 1. The Balaban J connectivity index is 1.52. The number of carbonyl (C=O) groups is 1. The summed E-state index contributed by atoms with van der Waals surface area (Å²) in [6.45, 7) is 0.830. The van der Waals surface area contributed by atoms with Gasteiger partial charge in [0.25, 0.3) is 0 Å². The average Bonchev–Trinajstić information content (AvgIpc) is 3.23. The summed E-state index contributed by atoms with van der Waals surface area (Å²) in [5.74, 6) is 0.162. The summed E-state index contributed by atoms with van der Waals surface area (Å²) in [4.78, 5) is 16.5. The number of hydrogen-bond donors (Lipinski definition) is 1. The third-order valence-electron chi connectivity index (χ3n) is 3.53. The monoisotopic (exact) mass is 427 g/mol. The van der Waals surface area contributed by atoms with Gasteiger partial charge in [-0.1, -0.05) is 29.5 Å². The Labute approximate surface area is 167 Å². The molecule has 0 saturated heterocycles. The van der Waals surface area contributed by atoms with Gasteiger partial charge in [-0.25, -0.2) is 4.98 Å². The largest absolute Gasteiger partial charge is 0.406 e. The maximum atomic E-state index is 12.5. The average molecular weight is 427 g/mol. The van der Waals surface area contributed by atoms with Gasteiger partial charge in [0.05, 0.1) is 12.1 Å². The molecule has 0 radical (unpaired) electrons. The van der Waals surface area contributed by atoms with Crippen molar-refractivity contribution in [1.29, 1.82) is 0 Å². The van der Waals surface area contributed by atoms with Crippen LogP contribution in [0.1, 0.15) is 16.3 Å². The highest BCUT2D eigenvalue weighted by Crippen LogP contribution is 2.25. The molecule has 148 valence electrons. The molecule has 0 aliphatic rings. The SMILES string of the molecule is Cc1ccc(NC(=O)Cc2nc(CSc3nncn3CC(F)(F)F)cs2)cc1. The van der Waals surface area contributed by atoms with Crippen molar-refractivity contribution >= 4 is 34.7 Å². The summed E-state index contributed by atoms with van der Waals surface area (Å²) in [6.07, 6.45) is -3.15. The molecule has 0 aliphatic heterocycles. The lowest BCUT2D eigenvalue weighted by molar-refractivity contribution is -0.142. The number of thioether (sulfide) groups is 1. The fraction of sp³-hybridized carbons (Fsp3) is 0.294. The molecule has 1 N–H and O–H groups in total. The third-order valence-corrected chi connectivity index (χ3v) is 5.44. The number of carbonyl (C=O) groups excluding carboxylic acids is 1. The molecule has 0 unspecified atom stereocenters. The maximum Gasteiger partial charge on any atom is 0.406 e. The molecule has 11 heteroatoms. The summed E-state index contributed by atoms with van der Waals surface area (Å²) in [5, 5.41) is 12.6. The lowest BCUT2D eigenvalue weighted by atomic mass is 10.2. The van der Waals surface area contributed by atoms with Crippen LogP contribution in [-0.4, -0.2) is 31.8 Å². The zero-order chi connectivity index (χ0) is 20.1. The van der Waals surface area contributed by atoms with Gasteiger partial charge in [-0.2, -0.15) is 13.2 Å². The van der Waals surface area contributed by atoms with Crippen molar-refractivity contribution in [3.05, 3.63) is 52.2 Å². The van der Waals surface area contributed by atoms with Crippen molar-refractivity contribution in [2.24, 2.45) is 0 Å². The standard InChI is InChI=1S/C17H16F3N5OS2/c1-11-2-4-12(5-3-11)22-14(26)6-15-23-13(7-27-15)8-28-16-24-21-10-25(16)9-17(18,19)20/h2-5,7,10H,6,8-9H2,1H3,(H,22,26). The Bertz CT molecular complexity index is 937. The molecule has 0 saturated carbocycles. The smallest absolute Gasteiger partial charge is 0.326 e. The Morgan fingerprint density at radius 3 is 2.75 bits per heavy atom. The van der Waals surface area contributed by atoms with E-state index >= 15 is 0 Å². The number of rotatable bonds is 7. The van der Waals surface area contributed by atoms with Crippen LogP contribution in [0.3, 0.4) is 0 Å². The minimum atomic E-state index is -4.34. The number of hydrogen-bond acceptors (Lipinski definition) is 6. The van der Waals surface area contributed by atoms with Gasteiger partial charge in [-0.3, -0.25) is 9.36 Å². The highest BCUT2D eigenvalue weighted by Gasteiger charge is 2.29. The van der Waals surface area contributed by atoms with Gasteiger partial charge in [-0.15, -0.1) is 21.5 Å². The van der Waals surface area contributed by atoms with Crippen LogP contribution in [0.4, 0.5) is 18.9 Å². The second-order valence-electron chi connectivity index (χ2n) is 5.97. The molecule has 2 aromatic heterocycles. The molecule has 0 atom stereocenters. The lowest BCUT2D eigenvalue weighted by Crippen LogP contribution is -2.17. The van der Waals surface area contributed by atoms with Crippen molar-refractivity contribution in [3.63, 3.8) is 0 Å². The first-order valence-corrected chi connectivity index (χ1v) is 10.0. The number of aromatic nitrogens is 4. The molecule has 0 spiro atoms. The topological polar surface area (TPSA) is 72.7 Å². The van der Waals surface area contributed by atoms with Crippen molar-refractivity contribution in [2.45, 2.75) is 37.0 Å². The van der Waals surface area contributed by atoms with E-state index in [4.69, 9.17) is 0 Å². The first-order chi connectivity index (χ1) is 13.3. The van der Waals surface area contributed by atoms with Crippen molar-refractivity contribution in [3.8, 4) is 0 Å². The van der Waals surface area contributed by atoms with Gasteiger partial charge in [0.15, 0.2) is 5.16 Å². The molecule has 3 rings (SSSR count). The summed E-state index contributed by atoms with van der Waals surface area (Å²) >= 11 is 2.45. The molecule has 6 nitrogen and oxygen atoms in total. The van der Waals surface area contributed by atoms with Crippen LogP contribution in [0.15, 0.2) is 41.1 Å². The molecule has 1 aromatic carbocycles. The van der Waals surface area contributed by atoms with Crippen LogP contribution in [0.25, 0.3) is 0 Å². The van der Waals surface area contributed by atoms with Crippen LogP contribution in [0, 0.1) is 6.92 Å². The number of halogens is 3. The second-order valence-corrected chi connectivity index (χ2v) is 7.85. The van der Waals surface area contributed by atoms with E-state index in [2.05, 4.69) is 20.5 Å². The first-order valence-electron chi connectivity index (χ1n) is 8.16. The predicted octanol–water partition coefficient (Wildman–Crippen LogP) is 4.08. The molecule has 28 heavy (non-hydrogen) atoms. The van der Waals surface area contributed by atoms with Crippen LogP contribution in [0.5, 0.6) is 0 Å². The lowest BCUT2D eigenvalue weighted by Gasteiger charge is -2.08. The highest BCUT2D eigenvalue weighted by molar-refractivity contribution is 7.98. The van der Waals surface area contributed by atoms with Crippen LogP contribution in [0.2, 0.25) is 0 Å². The molecular weight excluding hydrogens is 411 g/mol. The molecule has 2 heterocycles. The number of thiazole rings is 1. The molecule has 3 aromatic rings. The van der Waals surface area contributed by atoms with Crippen molar-refractivity contribution in [1.82, 2.24) is 19.7 Å². The van der Waals surface area contributed by atoms with Gasteiger partial charge >= 0.3 is 6.18 Å². The van der Waals surface area contributed by atoms with E-state index < -0.39 is 12.7 Å². The van der Waals surface area contributed by atoms with E-state index in [-0.39, 0.29) is 17.5 Å². The quantitative estimate of drug-likeness (QED) is 0.576. The minimum Gasteiger partial charge on any atom is -0.326 e. The maximum absolute atomic E-state index is 12.5. The molecule has 0 aliphatic carbocycles. The van der Waals surface area contributed by atoms with E-state index in [1.165, 1.54) is 11.3 Å². The number of benzene rings is 1. The predicted molar refractivity (Wildman–Crippen MR) is 101 cm³/mol. The second kappa shape index (κ2) is 8.74. The van der Waals surface area contributed by atoms with E-state index in [1.54, 1.807) is 5.38 Å². The summed E-state index contributed by atoms with van der Waals surface area (Å²) in [7, 11) is 0. The van der Waals surface area contributed by atoms with Crippen molar-refractivity contribution < 1.29 is 18.0 Å². The molecular formula is C17H16F3N5OS2. The minimum absolute atomic E-state index is 0.132. The number of anilines is 1. The zero-order valence-corrected chi connectivity index (χ0v) is 16.4. The van der Waals surface area contributed by atoms with Gasteiger partial charge in [0.2, 0.25) is 5.91 Å². The van der Waals surface area contributed by atoms with Crippen LogP contribution < -0.4 is 5.32 Å². The van der Waals surface area contributed by atoms with E-state index in [0.29, 0.717) is 22.1 Å². The van der Waals surface area contributed by atoms with E-state index in [1.807, 2.05) is 31.2 Å². The van der Waals surface area contributed by atoms with E-state index in [0.717, 1.165) is 28.2 Å². The normalized spacial score (nSPS) is 11.6. The molecule has 0 bridgehead atoms. The fourth-order valence-electron chi connectivity index (χ4n) is 2.27. The van der Waals surface area contributed by atoms with E-state index in [9.17, 15) is 18.0 Å². The first kappa shape index (κ1) is 20.3. The molecule has 1 amide bonds. The fourth-order valence-corrected chi connectivity index (χ4v) is 3.98. The van der Waals surface area contributed by atoms with Gasteiger partial charge in [0.1, 0.15) is 17.9 Å². The van der Waals surface area contributed by atoms with Crippen LogP contribution in [-0.2, 0) is 23.5 Å². The molecule has 0 fully saturated rings. The zero-order valence-electron chi connectivity index (χ0n) is 14.7. The Kier molecular flexibility index (Phi) is 6.35. The Hall–Kier alpha value is -2.40. The Morgan fingerprint density at radius 2 is 2.04 bits per heavy atom. The Morgan fingerprint density at radius 1 is 1.29 bits per heavy atom. The van der Waals surface area contributed by atoms with Crippen LogP contribution >= 0.6 is 23.1 Å². The number of alkyl halides is 3. The van der Waals surface area contributed by atoms with Gasteiger partial charge in [0, 0.05) is 16.8 Å². The van der Waals surface area contributed by atoms with Gasteiger partial charge in [-0.05, 0) is 19.1 Å². The number of nitrogens with one attached hydrogen (secondary N) is 1. The van der Waals surface area contributed by atoms with Crippen molar-refractivity contribution in [2.75, 3.05) is 5.32 Å². The number of aryl methyl sites for hydroxylation is 1. The summed E-state index contributed by atoms with van der Waals surface area (Å²) < 4.78 is 38.5. The highest BCUT2D eigenvalue weighted by atomic mass is 32.2. The summed E-state index contributed by atoms with van der Waals surface area (Å²) in [6, 6.07) is 7.47. The summed E-state index contributed by atoms with van der Waals surface area (Å²) in [5.41, 5.74) is 2.49. The number of nitrogens with zero attached hydrogens (tertiary/aromatic N) is 4. The third kappa shape index (κ3) is 6.06.